The Morgan fingerprint density at radius 2 is 2.00 bits per heavy atom. The van der Waals surface area contributed by atoms with Gasteiger partial charge in [0.05, 0.1) is 11.7 Å². The third-order valence-corrected chi connectivity index (χ3v) is 2.60. The van der Waals surface area contributed by atoms with E-state index in [1.165, 1.54) is 6.07 Å². The molecule has 3 rings (SSSR count). The first kappa shape index (κ1) is 9.72. The molecule has 4 nitrogen and oxygen atoms in total. The van der Waals surface area contributed by atoms with Gasteiger partial charge < -0.3 is 0 Å². The van der Waals surface area contributed by atoms with Gasteiger partial charge in [-0.15, -0.1) is 0 Å². The standard InChI is InChI=1S/C13H9N3O/c17-13-7-11(8-15-16-13)10-4-3-9-2-1-5-14-12(9)6-10/h1-8H,(H,16,17). The summed E-state index contributed by atoms with van der Waals surface area (Å²) in [5.41, 5.74) is 2.44. The second-order valence-electron chi connectivity index (χ2n) is 3.74. The minimum Gasteiger partial charge on any atom is -0.268 e. The number of hydrogen-bond acceptors (Lipinski definition) is 3. The van der Waals surface area contributed by atoms with Crippen LogP contribution in [0.5, 0.6) is 0 Å². The maximum absolute atomic E-state index is 11.2. The van der Waals surface area contributed by atoms with Crippen LogP contribution in [0.1, 0.15) is 0 Å². The van der Waals surface area contributed by atoms with Crippen LogP contribution in [-0.2, 0) is 0 Å². The van der Waals surface area contributed by atoms with Crippen molar-refractivity contribution in [3.63, 3.8) is 0 Å². The Morgan fingerprint density at radius 1 is 1.06 bits per heavy atom. The zero-order valence-electron chi connectivity index (χ0n) is 8.92. The average Bonchev–Trinajstić information content (AvgIpc) is 2.38. The number of fused-ring (bicyclic) bond motifs is 1. The Balaban J connectivity index is 2.21. The van der Waals surface area contributed by atoms with Crippen LogP contribution in [0.4, 0.5) is 0 Å². The summed E-state index contributed by atoms with van der Waals surface area (Å²) in [6, 6.07) is 11.3. The van der Waals surface area contributed by atoms with Crippen LogP contribution in [0, 0.1) is 0 Å². The number of rotatable bonds is 1. The van der Waals surface area contributed by atoms with Crippen molar-refractivity contribution in [1.29, 1.82) is 0 Å². The largest absolute Gasteiger partial charge is 0.268 e. The predicted molar refractivity (Wildman–Crippen MR) is 65.6 cm³/mol. The predicted octanol–water partition coefficient (Wildman–Crippen LogP) is 1.99. The topological polar surface area (TPSA) is 58.6 Å². The van der Waals surface area contributed by atoms with Crippen molar-refractivity contribution in [2.45, 2.75) is 0 Å². The van der Waals surface area contributed by atoms with Gasteiger partial charge >= 0.3 is 0 Å². The highest BCUT2D eigenvalue weighted by atomic mass is 16.1. The fourth-order valence-electron chi connectivity index (χ4n) is 1.78. The van der Waals surface area contributed by atoms with Crippen LogP contribution >= 0.6 is 0 Å². The first-order valence-corrected chi connectivity index (χ1v) is 5.23. The Morgan fingerprint density at radius 3 is 2.88 bits per heavy atom. The molecule has 0 aliphatic rings. The van der Waals surface area contributed by atoms with Gasteiger partial charge in [0.1, 0.15) is 0 Å². The molecule has 0 amide bonds. The van der Waals surface area contributed by atoms with Gasteiger partial charge in [0.2, 0.25) is 0 Å². The van der Waals surface area contributed by atoms with Crippen LogP contribution < -0.4 is 5.56 Å². The Labute approximate surface area is 97.0 Å². The normalized spacial score (nSPS) is 10.6. The first-order valence-electron chi connectivity index (χ1n) is 5.23. The highest BCUT2D eigenvalue weighted by Crippen LogP contribution is 2.21. The third kappa shape index (κ3) is 1.80. The van der Waals surface area contributed by atoms with Crippen molar-refractivity contribution in [3.05, 3.63) is 59.1 Å². The molecule has 0 unspecified atom stereocenters. The highest BCUT2D eigenvalue weighted by molar-refractivity contribution is 5.83. The molecule has 0 bridgehead atoms. The van der Waals surface area contributed by atoms with Crippen molar-refractivity contribution in [3.8, 4) is 11.1 Å². The number of benzene rings is 1. The molecule has 0 aliphatic heterocycles. The van der Waals surface area contributed by atoms with E-state index in [1.807, 2.05) is 30.3 Å². The smallest absolute Gasteiger partial charge is 0.264 e. The maximum Gasteiger partial charge on any atom is 0.264 e. The second kappa shape index (κ2) is 3.83. The van der Waals surface area contributed by atoms with Gasteiger partial charge in [-0.05, 0) is 17.7 Å². The maximum atomic E-state index is 11.2. The molecule has 17 heavy (non-hydrogen) atoms. The Kier molecular flexibility index (Phi) is 2.19. The molecule has 0 fully saturated rings. The molecule has 0 aliphatic carbocycles. The van der Waals surface area contributed by atoms with Crippen LogP contribution in [0.3, 0.4) is 0 Å². The first-order chi connectivity index (χ1) is 8.33. The summed E-state index contributed by atoms with van der Waals surface area (Å²) >= 11 is 0. The van der Waals surface area contributed by atoms with E-state index in [4.69, 9.17) is 0 Å². The summed E-state index contributed by atoms with van der Waals surface area (Å²) in [4.78, 5) is 15.5. The molecule has 0 saturated carbocycles. The lowest BCUT2D eigenvalue weighted by molar-refractivity contribution is 0.991. The van der Waals surface area contributed by atoms with Gasteiger partial charge in [0.15, 0.2) is 0 Å². The van der Waals surface area contributed by atoms with Gasteiger partial charge in [0, 0.05) is 23.2 Å². The van der Waals surface area contributed by atoms with Gasteiger partial charge in [0.25, 0.3) is 5.56 Å². The van der Waals surface area contributed by atoms with E-state index >= 15 is 0 Å². The van der Waals surface area contributed by atoms with E-state index in [9.17, 15) is 4.79 Å². The summed E-state index contributed by atoms with van der Waals surface area (Å²) in [6.07, 6.45) is 3.38. The SMILES string of the molecule is O=c1cc(-c2ccc3cccnc3c2)cn[nH]1. The molecular formula is C13H9N3O. The number of hydrogen-bond donors (Lipinski definition) is 1. The van der Waals surface area contributed by atoms with Gasteiger partial charge in [-0.2, -0.15) is 5.10 Å². The Hall–Kier alpha value is -2.49. The van der Waals surface area contributed by atoms with Crippen LogP contribution in [0.15, 0.2) is 53.6 Å². The molecular weight excluding hydrogens is 214 g/mol. The zero-order valence-corrected chi connectivity index (χ0v) is 8.92. The van der Waals surface area contributed by atoms with Crippen LogP contribution in [0.25, 0.3) is 22.0 Å². The van der Waals surface area contributed by atoms with E-state index in [-0.39, 0.29) is 5.56 Å². The van der Waals surface area contributed by atoms with E-state index in [1.54, 1.807) is 12.4 Å². The number of nitrogens with zero attached hydrogens (tertiary/aromatic N) is 2. The quantitative estimate of drug-likeness (QED) is 0.686. The molecule has 0 saturated heterocycles. The molecule has 0 radical (unpaired) electrons. The van der Waals surface area contributed by atoms with Gasteiger partial charge in [-0.25, -0.2) is 5.10 Å². The van der Waals surface area contributed by atoms with Gasteiger partial charge in [-0.1, -0.05) is 18.2 Å². The fraction of sp³-hybridized carbons (Fsp3) is 0. The van der Waals surface area contributed by atoms with E-state index in [2.05, 4.69) is 15.2 Å². The van der Waals surface area contributed by atoms with Crippen LogP contribution in [0.2, 0.25) is 0 Å². The summed E-state index contributed by atoms with van der Waals surface area (Å²) in [7, 11) is 0. The van der Waals surface area contributed by atoms with Crippen molar-refractivity contribution in [2.24, 2.45) is 0 Å². The van der Waals surface area contributed by atoms with E-state index < -0.39 is 0 Å². The Bertz CT molecular complexity index is 734. The lowest BCUT2D eigenvalue weighted by atomic mass is 10.1. The molecule has 82 valence electrons. The summed E-state index contributed by atoms with van der Waals surface area (Å²) in [6.45, 7) is 0. The average molecular weight is 223 g/mol. The van der Waals surface area contributed by atoms with Crippen LogP contribution in [-0.4, -0.2) is 15.2 Å². The van der Waals surface area contributed by atoms with Gasteiger partial charge in [-0.3, -0.25) is 9.78 Å². The van der Waals surface area contributed by atoms with Crippen molar-refractivity contribution in [1.82, 2.24) is 15.2 Å². The third-order valence-electron chi connectivity index (χ3n) is 2.60. The molecule has 0 atom stereocenters. The molecule has 4 heteroatoms. The summed E-state index contributed by atoms with van der Waals surface area (Å²) in [5.74, 6) is 0. The minimum atomic E-state index is -0.205. The molecule has 2 heterocycles. The molecule has 2 aromatic heterocycles. The molecule has 1 N–H and O–H groups in total. The van der Waals surface area contributed by atoms with Crippen molar-refractivity contribution >= 4 is 10.9 Å². The fourth-order valence-corrected chi connectivity index (χ4v) is 1.78. The number of nitrogens with one attached hydrogen (secondary N) is 1. The highest BCUT2D eigenvalue weighted by Gasteiger charge is 2.01. The number of aromatic nitrogens is 3. The summed E-state index contributed by atoms with van der Waals surface area (Å²) in [5, 5.41) is 7.22. The zero-order chi connectivity index (χ0) is 11.7. The van der Waals surface area contributed by atoms with Crippen molar-refractivity contribution < 1.29 is 0 Å². The lowest BCUT2D eigenvalue weighted by Gasteiger charge is -2.02. The van der Waals surface area contributed by atoms with E-state index in [0.717, 1.165) is 22.0 Å². The van der Waals surface area contributed by atoms with E-state index in [0.29, 0.717) is 0 Å². The molecule has 1 aromatic carbocycles. The van der Waals surface area contributed by atoms with Crippen molar-refractivity contribution in [2.75, 3.05) is 0 Å². The monoisotopic (exact) mass is 223 g/mol. The second-order valence-corrected chi connectivity index (χ2v) is 3.74. The number of aromatic amines is 1. The number of H-pyrrole nitrogens is 1. The minimum absolute atomic E-state index is 0.205. The number of pyridine rings is 1. The lowest BCUT2D eigenvalue weighted by Crippen LogP contribution is -2.05. The molecule has 3 aromatic rings. The molecule has 0 spiro atoms. The summed E-state index contributed by atoms with van der Waals surface area (Å²) < 4.78 is 0.